The Bertz CT molecular complexity index is 988. The largest absolute Gasteiger partial charge is 0.463 e. The molecule has 156 valence electrons. The topological polar surface area (TPSA) is 67.3 Å². The summed E-state index contributed by atoms with van der Waals surface area (Å²) in [6.07, 6.45) is 9.68. The van der Waals surface area contributed by atoms with E-state index in [4.69, 9.17) is 4.74 Å². The Morgan fingerprint density at radius 3 is 2.87 bits per heavy atom. The highest BCUT2D eigenvalue weighted by Gasteiger charge is 2.42. The number of esters is 1. The van der Waals surface area contributed by atoms with Gasteiger partial charge >= 0.3 is 5.97 Å². The Labute approximate surface area is 181 Å². The van der Waals surface area contributed by atoms with Gasteiger partial charge < -0.3 is 10.1 Å². The number of fused-ring (bicyclic) bond motifs is 2. The van der Waals surface area contributed by atoms with Crippen LogP contribution in [-0.2, 0) is 16.1 Å². The number of likely N-dealkylation sites (tertiary alicyclic amines) is 1. The predicted molar refractivity (Wildman–Crippen MR) is 117 cm³/mol. The first-order chi connectivity index (χ1) is 14.6. The van der Waals surface area contributed by atoms with Crippen LogP contribution in [-0.4, -0.2) is 40.5 Å². The van der Waals surface area contributed by atoms with Gasteiger partial charge in [-0.15, -0.1) is 0 Å². The second-order valence-electron chi connectivity index (χ2n) is 8.45. The number of hydrogen-bond donors (Lipinski definition) is 1. The van der Waals surface area contributed by atoms with Crippen LogP contribution in [0.4, 0.5) is 11.5 Å². The van der Waals surface area contributed by atoms with Crippen LogP contribution in [0, 0.1) is 5.41 Å². The Hall–Kier alpha value is -2.38. The molecule has 1 saturated heterocycles. The molecule has 0 amide bonds. The first kappa shape index (κ1) is 19.6. The van der Waals surface area contributed by atoms with Crippen molar-refractivity contribution in [3.05, 3.63) is 47.8 Å². The molecule has 3 heterocycles. The molecule has 3 aliphatic rings. The molecule has 1 aliphatic carbocycles. The number of nitrogens with zero attached hydrogens (tertiary/aromatic N) is 3. The molecule has 2 fully saturated rings. The molecule has 7 heteroatoms. The number of allylic oxidation sites excluding steroid dienone is 1. The van der Waals surface area contributed by atoms with Crippen molar-refractivity contribution in [3.63, 3.8) is 0 Å². The van der Waals surface area contributed by atoms with E-state index in [9.17, 15) is 4.79 Å². The van der Waals surface area contributed by atoms with Crippen molar-refractivity contribution < 1.29 is 9.53 Å². The number of nitrogens with one attached hydrogen (secondary N) is 1. The number of anilines is 2. The highest BCUT2D eigenvalue weighted by atomic mass is 32.2. The van der Waals surface area contributed by atoms with Crippen LogP contribution >= 0.6 is 11.8 Å². The normalized spacial score (nSPS) is 19.3. The molecule has 0 unspecified atom stereocenters. The zero-order valence-electron chi connectivity index (χ0n) is 17.2. The zero-order valence-corrected chi connectivity index (χ0v) is 18.0. The summed E-state index contributed by atoms with van der Waals surface area (Å²) < 4.78 is 5.03. The van der Waals surface area contributed by atoms with Gasteiger partial charge in [-0.1, -0.05) is 23.4 Å². The second kappa shape index (κ2) is 8.04. The molecule has 2 aliphatic heterocycles. The van der Waals surface area contributed by atoms with E-state index in [1.54, 1.807) is 30.2 Å². The van der Waals surface area contributed by atoms with Crippen LogP contribution in [0.5, 0.6) is 0 Å². The summed E-state index contributed by atoms with van der Waals surface area (Å²) in [6, 6.07) is 6.65. The zero-order chi connectivity index (χ0) is 20.6. The quantitative estimate of drug-likeness (QED) is 0.489. The number of piperidine rings is 1. The third-order valence-corrected chi connectivity index (χ3v) is 7.37. The maximum atomic E-state index is 11.6. The van der Waals surface area contributed by atoms with Crippen molar-refractivity contribution in [1.29, 1.82) is 0 Å². The molecule has 0 radical (unpaired) electrons. The number of rotatable bonds is 4. The van der Waals surface area contributed by atoms with E-state index in [2.05, 4.69) is 38.4 Å². The number of carbonyl (C=O) groups excluding carboxylic acids is 1. The summed E-state index contributed by atoms with van der Waals surface area (Å²) in [6.45, 7) is 5.48. The van der Waals surface area contributed by atoms with E-state index in [0.29, 0.717) is 12.0 Å². The van der Waals surface area contributed by atoms with E-state index >= 15 is 0 Å². The van der Waals surface area contributed by atoms with Crippen molar-refractivity contribution in [2.45, 2.75) is 49.1 Å². The highest BCUT2D eigenvalue weighted by Crippen LogP contribution is 2.52. The minimum atomic E-state index is -0.187. The molecule has 1 aromatic carbocycles. The Balaban J connectivity index is 1.16. The minimum Gasteiger partial charge on any atom is -0.463 e. The Kier molecular flexibility index (Phi) is 5.25. The Morgan fingerprint density at radius 2 is 2.07 bits per heavy atom. The SMILES string of the molecule is CCOC(=O)C=C1CC2(CCN(Cc3ccc4c(c3)Nc3nccnc3S4)CC2)C1. The van der Waals surface area contributed by atoms with Crippen LogP contribution in [0.3, 0.4) is 0 Å². The molecule has 30 heavy (non-hydrogen) atoms. The number of benzene rings is 1. The van der Waals surface area contributed by atoms with Crippen molar-refractivity contribution in [2.24, 2.45) is 5.41 Å². The molecule has 1 spiro atoms. The van der Waals surface area contributed by atoms with Gasteiger partial charge in [0.25, 0.3) is 0 Å². The Morgan fingerprint density at radius 1 is 1.27 bits per heavy atom. The fourth-order valence-corrected chi connectivity index (χ4v) is 5.62. The van der Waals surface area contributed by atoms with Gasteiger partial charge in [0.1, 0.15) is 5.03 Å². The molecular weight excluding hydrogens is 396 g/mol. The molecule has 1 saturated carbocycles. The maximum Gasteiger partial charge on any atom is 0.330 e. The van der Waals surface area contributed by atoms with Gasteiger partial charge in [-0.3, -0.25) is 4.90 Å². The monoisotopic (exact) mass is 422 g/mol. The fourth-order valence-electron chi connectivity index (χ4n) is 4.74. The summed E-state index contributed by atoms with van der Waals surface area (Å²) in [5.41, 5.74) is 4.10. The van der Waals surface area contributed by atoms with Crippen LogP contribution in [0.2, 0.25) is 0 Å². The summed E-state index contributed by atoms with van der Waals surface area (Å²) in [7, 11) is 0. The van der Waals surface area contributed by atoms with Crippen molar-refractivity contribution in [1.82, 2.24) is 14.9 Å². The van der Waals surface area contributed by atoms with Crippen molar-refractivity contribution in [2.75, 3.05) is 25.0 Å². The van der Waals surface area contributed by atoms with E-state index in [0.717, 1.165) is 49.0 Å². The lowest BCUT2D eigenvalue weighted by Crippen LogP contribution is -2.44. The standard InChI is InChI=1S/C23H26N4O2S/c1-2-29-20(28)12-17-13-23(14-17)5-9-27(10-6-23)15-16-3-4-19-18(11-16)26-21-22(30-19)25-8-7-24-21/h3-4,7-8,11-12H,2,5-6,9-10,13-15H2,1H3,(H,24,26). The number of aromatic nitrogens is 2. The molecule has 2 aromatic rings. The van der Waals surface area contributed by atoms with Gasteiger partial charge in [0.15, 0.2) is 5.82 Å². The summed E-state index contributed by atoms with van der Waals surface area (Å²) >= 11 is 1.67. The summed E-state index contributed by atoms with van der Waals surface area (Å²) in [4.78, 5) is 24.1. The average molecular weight is 423 g/mol. The van der Waals surface area contributed by atoms with E-state index < -0.39 is 0 Å². The van der Waals surface area contributed by atoms with Crippen molar-refractivity contribution >= 4 is 29.2 Å². The van der Waals surface area contributed by atoms with Gasteiger partial charge in [0, 0.05) is 29.9 Å². The first-order valence-electron chi connectivity index (χ1n) is 10.6. The molecule has 1 N–H and O–H groups in total. The van der Waals surface area contributed by atoms with Gasteiger partial charge in [-0.05, 0) is 68.8 Å². The van der Waals surface area contributed by atoms with Crippen LogP contribution < -0.4 is 5.32 Å². The smallest absolute Gasteiger partial charge is 0.330 e. The highest BCUT2D eigenvalue weighted by molar-refractivity contribution is 7.99. The third-order valence-electron chi connectivity index (χ3n) is 6.30. The van der Waals surface area contributed by atoms with Crippen molar-refractivity contribution in [3.8, 4) is 0 Å². The minimum absolute atomic E-state index is 0.187. The lowest BCUT2D eigenvalue weighted by Gasteiger charge is -2.49. The van der Waals surface area contributed by atoms with E-state index in [-0.39, 0.29) is 5.97 Å². The lowest BCUT2D eigenvalue weighted by atomic mass is 9.60. The van der Waals surface area contributed by atoms with Gasteiger partial charge in [0.05, 0.1) is 12.3 Å². The number of ether oxygens (including phenoxy) is 1. The summed E-state index contributed by atoms with van der Waals surface area (Å²) in [5, 5.41) is 4.35. The molecule has 5 rings (SSSR count). The van der Waals surface area contributed by atoms with E-state index in [1.807, 2.05) is 6.92 Å². The molecule has 6 nitrogen and oxygen atoms in total. The maximum absolute atomic E-state index is 11.6. The van der Waals surface area contributed by atoms with Crippen LogP contribution in [0.15, 0.2) is 52.2 Å². The lowest BCUT2D eigenvalue weighted by molar-refractivity contribution is -0.137. The van der Waals surface area contributed by atoms with Gasteiger partial charge in [-0.25, -0.2) is 14.8 Å². The average Bonchev–Trinajstić information content (AvgIpc) is 2.73. The molecule has 0 atom stereocenters. The number of hydrogen-bond acceptors (Lipinski definition) is 7. The predicted octanol–water partition coefficient (Wildman–Crippen LogP) is 4.55. The second-order valence-corrected chi connectivity index (χ2v) is 9.48. The molecule has 1 aromatic heterocycles. The van der Waals surface area contributed by atoms with Crippen LogP contribution in [0.25, 0.3) is 0 Å². The third kappa shape index (κ3) is 3.96. The van der Waals surface area contributed by atoms with Gasteiger partial charge in [0.2, 0.25) is 0 Å². The van der Waals surface area contributed by atoms with E-state index in [1.165, 1.54) is 28.9 Å². The fraction of sp³-hybridized carbons (Fsp3) is 0.435. The molecule has 0 bridgehead atoms. The number of carbonyl (C=O) groups is 1. The van der Waals surface area contributed by atoms with Gasteiger partial charge in [-0.2, -0.15) is 0 Å². The van der Waals surface area contributed by atoms with Crippen LogP contribution in [0.1, 0.15) is 38.2 Å². The first-order valence-corrected chi connectivity index (χ1v) is 11.4. The molecular formula is C23H26N4O2S. The summed E-state index contributed by atoms with van der Waals surface area (Å²) in [5.74, 6) is 0.649.